The molecule has 13 amide bonds. The van der Waals surface area contributed by atoms with Crippen molar-refractivity contribution in [1.82, 2.24) is 67.9 Å². The fourth-order valence-corrected chi connectivity index (χ4v) is 13.4. The molecular weight excluding hydrogens is 1570 g/mol. The Morgan fingerprint density at radius 3 is 1.52 bits per heavy atom. The van der Waals surface area contributed by atoms with E-state index in [0.717, 1.165) is 4.90 Å². The van der Waals surface area contributed by atoms with E-state index in [1.54, 1.807) is 48.6 Å². The van der Waals surface area contributed by atoms with E-state index in [1.807, 2.05) is 0 Å². The lowest BCUT2D eigenvalue weighted by atomic mass is 9.96. The van der Waals surface area contributed by atoms with E-state index in [9.17, 15) is 97.1 Å². The van der Waals surface area contributed by atoms with Crippen molar-refractivity contribution in [3.63, 3.8) is 0 Å². The molecule has 2 heterocycles. The van der Waals surface area contributed by atoms with E-state index >= 15 is 0 Å². The van der Waals surface area contributed by atoms with Crippen molar-refractivity contribution in [3.05, 3.63) is 59.7 Å². The molecule has 0 aromatic heterocycles. The molecule has 0 aliphatic carbocycles. The van der Waals surface area contributed by atoms with Gasteiger partial charge in [0.25, 0.3) is 5.91 Å². The number of benzene rings is 2. The van der Waals surface area contributed by atoms with Crippen LogP contribution in [0, 0.1) is 17.8 Å². The molecule has 664 valence electrons. The largest absolute Gasteiger partial charge is 0.508 e. The summed E-state index contributed by atoms with van der Waals surface area (Å²) in [6.45, 7) is 10.9. The van der Waals surface area contributed by atoms with Crippen LogP contribution in [0.25, 0.3) is 0 Å². The summed E-state index contributed by atoms with van der Waals surface area (Å²) in [5, 5.41) is 83.0. The number of aliphatic carboxylic acids is 3. The van der Waals surface area contributed by atoms with E-state index in [0.29, 0.717) is 36.9 Å². The Hall–Kier alpha value is -11.8. The predicted octanol–water partition coefficient (Wildman–Crippen LogP) is -2.57. The van der Waals surface area contributed by atoms with Gasteiger partial charge in [-0.25, -0.2) is 4.79 Å². The number of primary amides is 1. The Labute approximate surface area is 695 Å². The smallest absolute Gasteiger partial charge is 0.352 e. The second-order valence-corrected chi connectivity index (χ2v) is 30.9. The number of phenols is 2. The van der Waals surface area contributed by atoms with Crippen molar-refractivity contribution in [2.45, 2.75) is 255 Å². The van der Waals surface area contributed by atoms with Crippen LogP contribution in [0.5, 0.6) is 11.5 Å². The van der Waals surface area contributed by atoms with Crippen LogP contribution in [0.3, 0.4) is 0 Å². The van der Waals surface area contributed by atoms with E-state index in [-0.39, 0.29) is 145 Å². The summed E-state index contributed by atoms with van der Waals surface area (Å²) in [6.07, 6.45) is -1.92. The molecule has 2 saturated heterocycles. The summed E-state index contributed by atoms with van der Waals surface area (Å²) >= 11 is 0. The highest BCUT2D eigenvalue weighted by atomic mass is 16.4. The average molecular weight is 1690 g/mol. The van der Waals surface area contributed by atoms with Crippen LogP contribution in [0.2, 0.25) is 0 Å². The third-order valence-electron chi connectivity index (χ3n) is 20.1. The fourth-order valence-electron chi connectivity index (χ4n) is 13.4. The number of nitrogens with two attached hydrogens (primary N) is 5. The minimum Gasteiger partial charge on any atom is -0.508 e. The summed E-state index contributed by atoms with van der Waals surface area (Å²) in [5.74, 6) is -17.6. The third kappa shape index (κ3) is 35.0. The molecule has 120 heavy (non-hydrogen) atoms. The molecule has 4 rings (SSSR count). The number of unbranched alkanes of at least 4 members (excludes halogenated alkanes) is 1. The molecule has 0 unspecified atom stereocenters. The zero-order chi connectivity index (χ0) is 89.5. The van der Waals surface area contributed by atoms with Crippen LogP contribution in [0.4, 0.5) is 0 Å². The van der Waals surface area contributed by atoms with E-state index in [1.165, 1.54) is 53.4 Å². The van der Waals surface area contributed by atoms with Gasteiger partial charge < -0.3 is 117 Å². The summed E-state index contributed by atoms with van der Waals surface area (Å²) in [6, 6.07) is -7.74. The maximum Gasteiger partial charge on any atom is 0.352 e. The van der Waals surface area contributed by atoms with E-state index in [2.05, 4.69) is 73.3 Å². The molecule has 2 aromatic rings. The molecule has 2 aromatic carbocycles. The lowest BCUT2D eigenvalue weighted by molar-refractivity contribution is -0.143. The molecule has 2 aliphatic heterocycles. The van der Waals surface area contributed by atoms with Gasteiger partial charge in [-0.05, 0) is 170 Å². The number of amides is 13. The zero-order valence-electron chi connectivity index (χ0n) is 69.1. The van der Waals surface area contributed by atoms with Gasteiger partial charge >= 0.3 is 23.8 Å². The van der Waals surface area contributed by atoms with Crippen LogP contribution in [-0.4, -0.2) is 254 Å². The van der Waals surface area contributed by atoms with Crippen LogP contribution >= 0.6 is 0 Å². The maximum absolute atomic E-state index is 15.0. The second kappa shape index (κ2) is 51.5. The molecular formula is C78H122N21O21+. The Balaban J connectivity index is 1.63. The van der Waals surface area contributed by atoms with Gasteiger partial charge in [0.1, 0.15) is 83.1 Å². The quantitative estimate of drug-likeness (QED) is 0.0106. The first-order valence-corrected chi connectivity index (χ1v) is 40.4. The number of rotatable bonds is 53. The molecule has 42 heteroatoms. The Kier molecular flexibility index (Phi) is 43.2. The lowest BCUT2D eigenvalue weighted by Gasteiger charge is -2.31. The average Bonchev–Trinajstić information content (AvgIpc) is 1.65. The van der Waals surface area contributed by atoms with Gasteiger partial charge in [0.2, 0.25) is 75.9 Å². The first-order chi connectivity index (χ1) is 56.8. The van der Waals surface area contributed by atoms with Gasteiger partial charge in [-0.15, -0.1) is 0 Å². The number of nitrogens with zero attached hydrogens (tertiary/aromatic N) is 6. The Bertz CT molecular complexity index is 3930. The van der Waals surface area contributed by atoms with Crippen molar-refractivity contribution in [1.29, 1.82) is 0 Å². The topological polar surface area (TPSA) is 682 Å². The number of carbonyl (C=O) groups excluding carboxylic acids is 13. The first-order valence-electron chi connectivity index (χ1n) is 40.4. The highest BCUT2D eigenvalue weighted by Crippen LogP contribution is 2.25. The van der Waals surface area contributed by atoms with Crippen molar-refractivity contribution in [3.8, 4) is 11.5 Å². The van der Waals surface area contributed by atoms with Crippen molar-refractivity contribution in [2.75, 3.05) is 39.8 Å². The van der Waals surface area contributed by atoms with Crippen molar-refractivity contribution in [2.24, 2.45) is 61.6 Å². The molecule has 0 saturated carbocycles. The fraction of sp³-hybridized carbons (Fsp3) is 0.628. The van der Waals surface area contributed by atoms with Crippen LogP contribution < -0.4 is 86.7 Å². The number of carbonyl (C=O) groups is 16. The van der Waals surface area contributed by atoms with E-state index < -0.39 is 205 Å². The second-order valence-electron chi connectivity index (χ2n) is 30.9. The predicted molar refractivity (Wildman–Crippen MR) is 434 cm³/mol. The number of carboxylic acids is 3. The first kappa shape index (κ1) is 101. The van der Waals surface area contributed by atoms with Gasteiger partial charge in [0, 0.05) is 45.3 Å². The molecule has 0 radical (unpaired) electrons. The summed E-state index contributed by atoms with van der Waals surface area (Å²) in [4.78, 5) is 231. The molecule has 0 spiro atoms. The Morgan fingerprint density at radius 2 is 0.983 bits per heavy atom. The number of carboxylic acid groups (broad SMARTS) is 3. The number of hydrogen-bond donors (Lipinski definition) is 20. The molecule has 42 nitrogen and oxygen atoms in total. The number of likely N-dealkylation sites (tertiary alicyclic amines) is 2. The number of guanidine groups is 1. The molecule has 25 N–H and O–H groups in total. The summed E-state index contributed by atoms with van der Waals surface area (Å²) in [7, 11) is 1.65. The van der Waals surface area contributed by atoms with Crippen LogP contribution in [-0.2, 0) is 89.6 Å². The van der Waals surface area contributed by atoms with Gasteiger partial charge in [-0.2, -0.15) is 0 Å². The van der Waals surface area contributed by atoms with Gasteiger partial charge in [0.05, 0.1) is 12.5 Å². The highest BCUT2D eigenvalue weighted by molar-refractivity contribution is 6.00. The standard InChI is InChI=1S/C78H121N21O21/c1-8-44(6)64(74(116)93-58(77(119)120)38-43(4)5)94-71(113)56(40-46-22-26-48(101)27-23-46)92-72(114)59-18-13-35-98(59)76(118)53(17-12-34-85-78(82)83)87-67(109)51(16-11-33-84-7)95-97-96-73(115)60-19-14-36-99(60)75(117)52(15-9-10-32-79)88-70(112)57(41-61(81)102)91-66(108)50(29-31-63(105)106)86-69(111)55(39-45-20-24-47(100)25-21-45)90-68(110)54(37-42(2)3)89-65(107)49(80)28-30-62(103)104/h20-27,42-44,49-60,64,84H,8-19,28-41,79-80H2,1-7H3,(H19-,81,82,83,85,86,87,88,89,90,91,92,93,94,100,101,102,103,104,105,106,107,108,109,110,111,112,113,114,116,119,120)/p+1/t44-,49-,50-,51-,52-,53-,54-,55-,56-,57-,58-,59-,60-,64-/m0/s1. The lowest BCUT2D eigenvalue weighted by Crippen LogP contribution is -2.60. The van der Waals surface area contributed by atoms with Gasteiger partial charge in [0.15, 0.2) is 11.1 Å². The van der Waals surface area contributed by atoms with Gasteiger partial charge in [-0.1, -0.05) is 72.2 Å². The molecule has 2 fully saturated rings. The SMILES string of the molecule is CC[C@H](C)[C@H](NC(=O)[C@H](Cc1ccc(O)cc1)NC(=O)[C@@H]1CCCN1C(=O)[C@H](CCCN=C(N)N)NC(=O)[C@H](CCCNC)N=[N+]=NC(=O)[C@@H]1CCCN1C(=O)[C@H](CCCCN)NC(=O)[C@H](CC(N)=O)NC(=O)[C@H](CCC(=O)O)NC(=O)[C@H](Cc1ccc(O)cc1)NC(=O)[C@H](CC(C)C)NC(=O)[C@@H](N)CCC(=O)O)C(=O)N[C@@H](CC(C)C)C(=O)O. The minimum atomic E-state index is -1.93. The minimum absolute atomic E-state index is 0.00288. The zero-order valence-corrected chi connectivity index (χ0v) is 69.1. The molecule has 14 atom stereocenters. The normalized spacial score (nSPS) is 16.7. The number of hydrogen-bond acceptors (Lipinski definition) is 23. The number of aromatic hydroxyl groups is 2. The maximum atomic E-state index is 15.0. The van der Waals surface area contributed by atoms with Crippen molar-refractivity contribution >= 4 is 101 Å². The van der Waals surface area contributed by atoms with Crippen LogP contribution in [0.15, 0.2) is 63.8 Å². The van der Waals surface area contributed by atoms with Gasteiger partial charge in [-0.3, -0.25) is 76.9 Å². The molecule has 0 bridgehead atoms. The van der Waals surface area contributed by atoms with E-state index in [4.69, 9.17) is 33.8 Å². The number of nitrogens with one attached hydrogen (secondary N) is 10. The highest BCUT2D eigenvalue weighted by Gasteiger charge is 2.44. The number of phenolic OH excluding ortho intramolecular Hbond substituents is 2. The monoisotopic (exact) mass is 1690 g/mol. The molecule has 2 aliphatic rings. The third-order valence-corrected chi connectivity index (χ3v) is 20.1. The number of aliphatic imine (C=N–C) groups is 1. The summed E-state index contributed by atoms with van der Waals surface area (Å²) < 4.78 is 0. The van der Waals surface area contributed by atoms with Crippen LogP contribution in [0.1, 0.15) is 175 Å². The Morgan fingerprint density at radius 1 is 0.517 bits per heavy atom. The summed E-state index contributed by atoms with van der Waals surface area (Å²) in [5.41, 5.74) is 29.4. The van der Waals surface area contributed by atoms with Crippen molar-refractivity contribution < 1.29 is 102 Å².